The SMILES string of the molecule is CC1(CNC(=O)C(C)(C)S(C)(=O)=O)CCNCC1.Cl. The van der Waals surface area contributed by atoms with Crippen LogP contribution in [-0.2, 0) is 14.6 Å². The molecule has 0 aromatic carbocycles. The topological polar surface area (TPSA) is 75.3 Å². The van der Waals surface area contributed by atoms with Gasteiger partial charge in [0.2, 0.25) is 5.91 Å². The molecule has 5 nitrogen and oxygen atoms in total. The Bertz CT molecular complexity index is 415. The summed E-state index contributed by atoms with van der Waals surface area (Å²) in [6.07, 6.45) is 3.08. The molecule has 1 fully saturated rings. The average Bonchev–Trinajstić information content (AvgIpc) is 2.25. The van der Waals surface area contributed by atoms with Gasteiger partial charge in [0.05, 0.1) is 0 Å². The zero-order valence-corrected chi connectivity index (χ0v) is 13.7. The number of nitrogens with one attached hydrogen (secondary N) is 2. The van der Waals surface area contributed by atoms with Crippen LogP contribution in [0, 0.1) is 5.41 Å². The van der Waals surface area contributed by atoms with Gasteiger partial charge in [-0.1, -0.05) is 6.92 Å². The number of hydrogen-bond donors (Lipinski definition) is 2. The smallest absolute Gasteiger partial charge is 0.240 e. The predicted molar refractivity (Wildman–Crippen MR) is 79.4 cm³/mol. The summed E-state index contributed by atoms with van der Waals surface area (Å²) in [6, 6.07) is 0. The lowest BCUT2D eigenvalue weighted by Gasteiger charge is -2.35. The second-order valence-electron chi connectivity index (χ2n) is 6.03. The van der Waals surface area contributed by atoms with Crippen LogP contribution in [0.3, 0.4) is 0 Å². The first-order valence-electron chi connectivity index (χ1n) is 6.27. The Morgan fingerprint density at radius 1 is 1.32 bits per heavy atom. The number of sulfone groups is 1. The highest BCUT2D eigenvalue weighted by Gasteiger charge is 2.39. The summed E-state index contributed by atoms with van der Waals surface area (Å²) >= 11 is 0. The number of amides is 1. The van der Waals surface area contributed by atoms with E-state index in [1.54, 1.807) is 0 Å². The summed E-state index contributed by atoms with van der Waals surface area (Å²) in [4.78, 5) is 12.0. The van der Waals surface area contributed by atoms with Gasteiger partial charge >= 0.3 is 0 Å². The molecule has 0 aromatic rings. The van der Waals surface area contributed by atoms with E-state index in [9.17, 15) is 13.2 Å². The van der Waals surface area contributed by atoms with Gasteiger partial charge in [0.25, 0.3) is 0 Å². The van der Waals surface area contributed by atoms with E-state index in [0.717, 1.165) is 32.2 Å². The van der Waals surface area contributed by atoms with E-state index < -0.39 is 20.5 Å². The van der Waals surface area contributed by atoms with Crippen molar-refractivity contribution in [1.82, 2.24) is 10.6 Å². The van der Waals surface area contributed by atoms with E-state index in [1.807, 2.05) is 0 Å². The number of carbonyl (C=O) groups is 1. The minimum absolute atomic E-state index is 0. The third-order valence-corrected chi connectivity index (χ3v) is 6.00. The van der Waals surface area contributed by atoms with Gasteiger partial charge in [0.1, 0.15) is 4.75 Å². The van der Waals surface area contributed by atoms with Crippen LogP contribution >= 0.6 is 12.4 Å². The Labute approximate surface area is 122 Å². The summed E-state index contributed by atoms with van der Waals surface area (Å²) in [5.74, 6) is -0.412. The first-order valence-corrected chi connectivity index (χ1v) is 8.16. The summed E-state index contributed by atoms with van der Waals surface area (Å²) in [7, 11) is -3.40. The zero-order valence-electron chi connectivity index (χ0n) is 12.1. The normalized spacial score (nSPS) is 19.4. The largest absolute Gasteiger partial charge is 0.354 e. The summed E-state index contributed by atoms with van der Waals surface area (Å²) in [5.41, 5.74) is 0.0640. The lowest BCUT2D eigenvalue weighted by molar-refractivity contribution is -0.123. The second kappa shape index (κ2) is 6.41. The molecule has 1 aliphatic rings. The molecule has 1 aliphatic heterocycles. The van der Waals surface area contributed by atoms with Crippen molar-refractivity contribution in [2.75, 3.05) is 25.9 Å². The van der Waals surface area contributed by atoms with Gasteiger partial charge in [-0.2, -0.15) is 0 Å². The maximum Gasteiger partial charge on any atom is 0.240 e. The van der Waals surface area contributed by atoms with Crippen molar-refractivity contribution in [3.63, 3.8) is 0 Å². The quantitative estimate of drug-likeness (QED) is 0.803. The highest BCUT2D eigenvalue weighted by atomic mass is 35.5. The molecule has 1 heterocycles. The molecular weight excluding hydrogens is 288 g/mol. The fourth-order valence-corrected chi connectivity index (χ4v) is 2.29. The molecule has 0 aromatic heterocycles. The molecule has 1 rings (SSSR count). The molecule has 0 bridgehead atoms. The fraction of sp³-hybridized carbons (Fsp3) is 0.917. The van der Waals surface area contributed by atoms with Crippen molar-refractivity contribution in [2.24, 2.45) is 5.41 Å². The standard InChI is InChI=1S/C12H24N2O3S.ClH/c1-11(2,18(4,16)17)10(15)14-9-12(3)5-7-13-8-6-12;/h13H,5-9H2,1-4H3,(H,14,15);1H. The zero-order chi connectivity index (χ0) is 14.0. The molecule has 114 valence electrons. The molecule has 2 N–H and O–H groups in total. The van der Waals surface area contributed by atoms with Crippen molar-refractivity contribution in [3.8, 4) is 0 Å². The monoisotopic (exact) mass is 312 g/mol. The van der Waals surface area contributed by atoms with Gasteiger partial charge in [0.15, 0.2) is 9.84 Å². The van der Waals surface area contributed by atoms with Crippen molar-refractivity contribution >= 4 is 28.2 Å². The molecule has 0 unspecified atom stereocenters. The predicted octanol–water partition coefficient (Wildman–Crippen LogP) is 0.737. The van der Waals surface area contributed by atoms with E-state index in [2.05, 4.69) is 17.6 Å². The van der Waals surface area contributed by atoms with E-state index in [0.29, 0.717) is 6.54 Å². The van der Waals surface area contributed by atoms with Crippen LogP contribution in [0.1, 0.15) is 33.6 Å². The first kappa shape index (κ1) is 18.7. The van der Waals surface area contributed by atoms with Crippen LogP contribution in [0.4, 0.5) is 0 Å². The van der Waals surface area contributed by atoms with Gasteiger partial charge < -0.3 is 10.6 Å². The molecule has 0 spiro atoms. The maximum atomic E-state index is 12.0. The molecule has 1 saturated heterocycles. The highest BCUT2D eigenvalue weighted by molar-refractivity contribution is 7.92. The summed E-state index contributed by atoms with van der Waals surface area (Å²) in [6.45, 7) is 7.45. The first-order chi connectivity index (χ1) is 8.08. The van der Waals surface area contributed by atoms with Gasteiger partial charge in [-0.15, -0.1) is 12.4 Å². The van der Waals surface area contributed by atoms with Gasteiger partial charge in [-0.05, 0) is 45.2 Å². The van der Waals surface area contributed by atoms with E-state index in [4.69, 9.17) is 0 Å². The maximum absolute atomic E-state index is 12.0. The molecule has 0 radical (unpaired) electrons. The number of piperidine rings is 1. The van der Waals surface area contributed by atoms with Crippen LogP contribution < -0.4 is 10.6 Å². The van der Waals surface area contributed by atoms with Gasteiger partial charge in [-0.3, -0.25) is 4.79 Å². The fourth-order valence-electron chi connectivity index (χ4n) is 1.88. The van der Waals surface area contributed by atoms with Crippen LogP contribution in [0.25, 0.3) is 0 Å². The number of rotatable bonds is 4. The molecule has 0 atom stereocenters. The van der Waals surface area contributed by atoms with Crippen LogP contribution in [0.5, 0.6) is 0 Å². The van der Waals surface area contributed by atoms with Crippen molar-refractivity contribution in [1.29, 1.82) is 0 Å². The molecule has 0 aliphatic carbocycles. The molecule has 0 saturated carbocycles. The minimum atomic E-state index is -3.40. The average molecular weight is 313 g/mol. The Hall–Kier alpha value is -0.330. The van der Waals surface area contributed by atoms with Crippen molar-refractivity contribution < 1.29 is 13.2 Å². The van der Waals surface area contributed by atoms with Crippen LogP contribution in [0.15, 0.2) is 0 Å². The molecule has 19 heavy (non-hydrogen) atoms. The summed E-state index contributed by atoms with van der Waals surface area (Å²) in [5, 5.41) is 6.07. The Balaban J connectivity index is 0.00000324. The van der Waals surface area contributed by atoms with E-state index in [1.165, 1.54) is 13.8 Å². The lowest BCUT2D eigenvalue weighted by Crippen LogP contribution is -2.51. The second-order valence-corrected chi connectivity index (χ2v) is 8.59. The lowest BCUT2D eigenvalue weighted by atomic mass is 9.81. The number of carbonyl (C=O) groups excluding carboxylic acids is 1. The third-order valence-electron chi connectivity index (χ3n) is 3.96. The van der Waals surface area contributed by atoms with Crippen molar-refractivity contribution in [3.05, 3.63) is 0 Å². The minimum Gasteiger partial charge on any atom is -0.354 e. The highest BCUT2D eigenvalue weighted by Crippen LogP contribution is 2.27. The molecule has 7 heteroatoms. The number of hydrogen-bond acceptors (Lipinski definition) is 4. The van der Waals surface area contributed by atoms with Gasteiger partial charge in [0, 0.05) is 12.8 Å². The van der Waals surface area contributed by atoms with E-state index >= 15 is 0 Å². The van der Waals surface area contributed by atoms with E-state index in [-0.39, 0.29) is 17.8 Å². The van der Waals surface area contributed by atoms with Gasteiger partial charge in [-0.25, -0.2) is 8.42 Å². The van der Waals surface area contributed by atoms with Crippen LogP contribution in [0.2, 0.25) is 0 Å². The number of halogens is 1. The third kappa shape index (κ3) is 4.61. The Morgan fingerprint density at radius 2 is 1.79 bits per heavy atom. The van der Waals surface area contributed by atoms with Crippen LogP contribution in [-0.4, -0.2) is 45.0 Å². The summed E-state index contributed by atoms with van der Waals surface area (Å²) < 4.78 is 21.7. The molecule has 1 amide bonds. The molecular formula is C12H25ClN2O3S. The van der Waals surface area contributed by atoms with Crippen molar-refractivity contribution in [2.45, 2.75) is 38.4 Å². The Morgan fingerprint density at radius 3 is 2.21 bits per heavy atom. The Kier molecular flexibility index (Phi) is 6.30.